The average Bonchev–Trinajstić information content (AvgIpc) is 2.24. The lowest BCUT2D eigenvalue weighted by Gasteiger charge is -2.26. The number of benzene rings is 1. The molecule has 1 saturated carbocycles. The summed E-state index contributed by atoms with van der Waals surface area (Å²) in [5.74, 6) is -0.629. The van der Waals surface area contributed by atoms with Crippen LogP contribution < -0.4 is 4.72 Å². The molecule has 6 heteroatoms. The molecule has 1 aliphatic rings. The molecule has 0 unspecified atom stereocenters. The number of aliphatic hydroxyl groups excluding tert-OH is 1. The van der Waals surface area contributed by atoms with Gasteiger partial charge in [-0.25, -0.2) is 17.5 Å². The van der Waals surface area contributed by atoms with Gasteiger partial charge in [0, 0.05) is 6.04 Å². The van der Waals surface area contributed by atoms with Crippen molar-refractivity contribution in [2.24, 2.45) is 0 Å². The van der Waals surface area contributed by atoms with Crippen molar-refractivity contribution in [3.05, 3.63) is 29.6 Å². The van der Waals surface area contributed by atoms with E-state index >= 15 is 0 Å². The fourth-order valence-corrected chi connectivity index (χ4v) is 3.27. The number of hydrogen-bond acceptors (Lipinski definition) is 3. The third-order valence-electron chi connectivity index (χ3n) is 2.92. The van der Waals surface area contributed by atoms with Crippen LogP contribution in [0.5, 0.6) is 0 Å². The highest BCUT2D eigenvalue weighted by atomic mass is 32.2. The molecule has 4 nitrogen and oxygen atoms in total. The van der Waals surface area contributed by atoms with E-state index in [-0.39, 0.29) is 16.5 Å². The fraction of sp³-hybridized carbons (Fsp3) is 0.455. The Morgan fingerprint density at radius 2 is 2.12 bits per heavy atom. The van der Waals surface area contributed by atoms with Gasteiger partial charge in [-0.1, -0.05) is 12.5 Å². The van der Waals surface area contributed by atoms with Crippen molar-refractivity contribution in [2.45, 2.75) is 36.8 Å². The van der Waals surface area contributed by atoms with Crippen LogP contribution in [0.15, 0.2) is 23.1 Å². The van der Waals surface area contributed by atoms with E-state index < -0.39 is 22.4 Å². The molecule has 0 atom stereocenters. The summed E-state index contributed by atoms with van der Waals surface area (Å²) in [6.07, 6.45) is 2.62. The predicted molar refractivity (Wildman–Crippen MR) is 60.3 cm³/mol. The van der Waals surface area contributed by atoms with Crippen LogP contribution in [0.3, 0.4) is 0 Å². The lowest BCUT2D eigenvalue weighted by Crippen LogP contribution is -2.39. The average molecular weight is 259 g/mol. The first-order valence-corrected chi connectivity index (χ1v) is 6.93. The summed E-state index contributed by atoms with van der Waals surface area (Å²) in [6.45, 7) is -0.429. The van der Waals surface area contributed by atoms with Crippen LogP contribution in [0.4, 0.5) is 4.39 Å². The van der Waals surface area contributed by atoms with E-state index in [0.29, 0.717) is 0 Å². The van der Waals surface area contributed by atoms with Gasteiger partial charge in [0.25, 0.3) is 0 Å². The van der Waals surface area contributed by atoms with E-state index in [1.54, 1.807) is 0 Å². The molecule has 0 amide bonds. The highest BCUT2D eigenvalue weighted by Gasteiger charge is 2.26. The molecular weight excluding hydrogens is 245 g/mol. The van der Waals surface area contributed by atoms with Gasteiger partial charge in [-0.2, -0.15) is 0 Å². The van der Waals surface area contributed by atoms with Crippen molar-refractivity contribution < 1.29 is 17.9 Å². The van der Waals surface area contributed by atoms with Crippen LogP contribution in [0.1, 0.15) is 24.8 Å². The molecule has 0 aliphatic heterocycles. The Morgan fingerprint density at radius 3 is 2.65 bits per heavy atom. The molecule has 0 spiro atoms. The summed E-state index contributed by atoms with van der Waals surface area (Å²) in [5.41, 5.74) is 0.207. The Kier molecular flexibility index (Phi) is 3.46. The molecule has 0 heterocycles. The second kappa shape index (κ2) is 4.72. The van der Waals surface area contributed by atoms with Crippen LogP contribution >= 0.6 is 0 Å². The molecule has 0 aromatic heterocycles. The first-order valence-electron chi connectivity index (χ1n) is 5.44. The molecule has 1 aromatic carbocycles. The van der Waals surface area contributed by atoms with E-state index in [4.69, 9.17) is 5.11 Å². The molecule has 0 radical (unpaired) electrons. The van der Waals surface area contributed by atoms with E-state index in [9.17, 15) is 12.8 Å². The number of halogens is 1. The minimum atomic E-state index is -3.74. The summed E-state index contributed by atoms with van der Waals surface area (Å²) in [7, 11) is -3.74. The van der Waals surface area contributed by atoms with Gasteiger partial charge in [0.15, 0.2) is 0 Å². The highest BCUT2D eigenvalue weighted by molar-refractivity contribution is 7.89. The molecule has 1 aliphatic carbocycles. The summed E-state index contributed by atoms with van der Waals surface area (Å²) < 4.78 is 39.5. The molecular formula is C11H14FNO3S. The SMILES string of the molecule is O=S(=O)(NC1CCC1)c1cc(F)ccc1CO. The molecule has 17 heavy (non-hydrogen) atoms. The highest BCUT2D eigenvalue weighted by Crippen LogP contribution is 2.23. The topological polar surface area (TPSA) is 66.4 Å². The second-order valence-electron chi connectivity index (χ2n) is 4.16. The number of hydrogen-bond donors (Lipinski definition) is 2. The first kappa shape index (κ1) is 12.5. The zero-order valence-corrected chi connectivity index (χ0v) is 10.0. The van der Waals surface area contributed by atoms with E-state index in [0.717, 1.165) is 31.4 Å². The van der Waals surface area contributed by atoms with E-state index in [1.807, 2.05) is 0 Å². The van der Waals surface area contributed by atoms with Gasteiger partial charge >= 0.3 is 0 Å². The lowest BCUT2D eigenvalue weighted by atomic mass is 9.94. The van der Waals surface area contributed by atoms with Crippen molar-refractivity contribution in [1.82, 2.24) is 4.72 Å². The van der Waals surface area contributed by atoms with Gasteiger partial charge in [-0.15, -0.1) is 0 Å². The van der Waals surface area contributed by atoms with Crippen LogP contribution in [-0.2, 0) is 16.6 Å². The van der Waals surface area contributed by atoms with Crippen LogP contribution in [0.2, 0.25) is 0 Å². The van der Waals surface area contributed by atoms with Gasteiger partial charge in [-0.05, 0) is 30.5 Å². The van der Waals surface area contributed by atoms with Gasteiger partial charge in [-0.3, -0.25) is 0 Å². The number of sulfonamides is 1. The van der Waals surface area contributed by atoms with Gasteiger partial charge in [0.1, 0.15) is 5.82 Å². The number of nitrogens with one attached hydrogen (secondary N) is 1. The van der Waals surface area contributed by atoms with Crippen LogP contribution in [0, 0.1) is 5.82 Å². The third kappa shape index (κ3) is 2.65. The molecule has 94 valence electrons. The van der Waals surface area contributed by atoms with Gasteiger partial charge in [0.05, 0.1) is 11.5 Å². The zero-order chi connectivity index (χ0) is 12.5. The summed E-state index contributed by atoms with van der Waals surface area (Å²) >= 11 is 0. The zero-order valence-electron chi connectivity index (χ0n) is 9.19. The Hall–Kier alpha value is -0.980. The Labute approximate surface area is 99.5 Å². The smallest absolute Gasteiger partial charge is 0.241 e. The Morgan fingerprint density at radius 1 is 1.41 bits per heavy atom. The molecule has 0 saturated heterocycles. The molecule has 2 rings (SSSR count). The summed E-state index contributed by atoms with van der Waals surface area (Å²) in [5, 5.41) is 9.06. The summed E-state index contributed by atoms with van der Waals surface area (Å²) in [6, 6.07) is 3.29. The van der Waals surface area contributed by atoms with Gasteiger partial charge < -0.3 is 5.11 Å². The second-order valence-corrected chi connectivity index (χ2v) is 5.84. The maximum Gasteiger partial charge on any atom is 0.241 e. The fourth-order valence-electron chi connectivity index (χ4n) is 1.72. The molecule has 2 N–H and O–H groups in total. The molecule has 1 fully saturated rings. The first-order chi connectivity index (χ1) is 8.03. The predicted octanol–water partition coefficient (Wildman–Crippen LogP) is 1.15. The van der Waals surface area contributed by atoms with Crippen molar-refractivity contribution in [2.75, 3.05) is 0 Å². The molecule has 1 aromatic rings. The van der Waals surface area contributed by atoms with Crippen molar-refractivity contribution in [3.63, 3.8) is 0 Å². The largest absolute Gasteiger partial charge is 0.392 e. The lowest BCUT2D eigenvalue weighted by molar-refractivity contribution is 0.278. The maximum absolute atomic E-state index is 13.1. The maximum atomic E-state index is 13.1. The minimum Gasteiger partial charge on any atom is -0.392 e. The Bertz CT molecular complexity index is 511. The summed E-state index contributed by atoms with van der Waals surface area (Å²) in [4.78, 5) is -0.174. The standard InChI is InChI=1S/C11H14FNO3S/c12-9-5-4-8(7-14)11(6-9)17(15,16)13-10-2-1-3-10/h4-6,10,13-14H,1-3,7H2. The monoisotopic (exact) mass is 259 g/mol. The Balaban J connectivity index is 2.33. The van der Waals surface area contributed by atoms with Gasteiger partial charge in [0.2, 0.25) is 10.0 Å². The normalized spacial score (nSPS) is 16.8. The number of rotatable bonds is 4. The molecule has 0 bridgehead atoms. The minimum absolute atomic E-state index is 0.0604. The van der Waals surface area contributed by atoms with Crippen molar-refractivity contribution in [1.29, 1.82) is 0 Å². The number of aliphatic hydroxyl groups is 1. The quantitative estimate of drug-likeness (QED) is 0.852. The third-order valence-corrected chi connectivity index (χ3v) is 4.52. The van der Waals surface area contributed by atoms with Crippen LogP contribution in [0.25, 0.3) is 0 Å². The van der Waals surface area contributed by atoms with E-state index in [2.05, 4.69) is 4.72 Å². The van der Waals surface area contributed by atoms with Crippen molar-refractivity contribution >= 4 is 10.0 Å². The van der Waals surface area contributed by atoms with Crippen LogP contribution in [-0.4, -0.2) is 19.6 Å². The van der Waals surface area contributed by atoms with Crippen molar-refractivity contribution in [3.8, 4) is 0 Å². The van der Waals surface area contributed by atoms with E-state index in [1.165, 1.54) is 6.07 Å².